The van der Waals surface area contributed by atoms with E-state index in [0.717, 1.165) is 23.2 Å². The number of hydrogen-bond donors (Lipinski definition) is 2. The molecule has 3 rings (SSSR count). The number of rotatable bonds is 7. The van der Waals surface area contributed by atoms with Gasteiger partial charge in [0.1, 0.15) is 16.4 Å². The lowest BCUT2D eigenvalue weighted by Crippen LogP contribution is -2.16. The standard InChI is InChI=1S/C22H21BrN4O4S2/c1-12(2)15-9-4-5-10-16(15)25-19(17(23)18(24)22(28)29)21-27-26-20(32-21)13-7-6-8-14(11-13)33(3,30)31/h4-12H,24H2,1-3H3,(H,28,29). The Morgan fingerprint density at radius 3 is 2.48 bits per heavy atom. The van der Waals surface area contributed by atoms with Crippen molar-refractivity contribution in [3.8, 4) is 10.6 Å². The number of benzene rings is 2. The van der Waals surface area contributed by atoms with Gasteiger partial charge in [-0.15, -0.1) is 10.2 Å². The van der Waals surface area contributed by atoms with Gasteiger partial charge in [-0.05, 0) is 45.6 Å². The number of para-hydroxylation sites is 1. The van der Waals surface area contributed by atoms with Crippen molar-refractivity contribution < 1.29 is 18.3 Å². The van der Waals surface area contributed by atoms with E-state index in [1.807, 2.05) is 38.1 Å². The molecule has 0 amide bonds. The maximum atomic E-state index is 11.9. The molecule has 3 N–H and O–H groups in total. The quantitative estimate of drug-likeness (QED) is 0.327. The van der Waals surface area contributed by atoms with E-state index in [2.05, 4.69) is 26.1 Å². The summed E-state index contributed by atoms with van der Waals surface area (Å²) in [5.41, 5.74) is 7.75. The molecule has 3 aromatic rings. The molecule has 1 heterocycles. The second kappa shape index (κ2) is 9.94. The maximum Gasteiger partial charge on any atom is 0.353 e. The van der Waals surface area contributed by atoms with Crippen molar-refractivity contribution >= 4 is 54.5 Å². The Morgan fingerprint density at radius 1 is 1.15 bits per heavy atom. The minimum absolute atomic E-state index is 0.0705. The first-order valence-electron chi connectivity index (χ1n) is 9.70. The fourth-order valence-electron chi connectivity index (χ4n) is 2.91. The highest BCUT2D eigenvalue weighted by Crippen LogP contribution is 2.32. The Bertz CT molecular complexity index is 1380. The average Bonchev–Trinajstić information content (AvgIpc) is 3.26. The van der Waals surface area contributed by atoms with Crippen LogP contribution in [0.5, 0.6) is 0 Å². The molecule has 1 aromatic heterocycles. The Balaban J connectivity index is 2.18. The molecule has 11 heteroatoms. The van der Waals surface area contributed by atoms with Gasteiger partial charge in [-0.1, -0.05) is 55.5 Å². The van der Waals surface area contributed by atoms with E-state index in [9.17, 15) is 18.3 Å². The highest BCUT2D eigenvalue weighted by Gasteiger charge is 2.21. The fraction of sp³-hybridized carbons (Fsp3) is 0.182. The third kappa shape index (κ3) is 5.73. The Kier molecular flexibility index (Phi) is 7.45. The monoisotopic (exact) mass is 548 g/mol. The van der Waals surface area contributed by atoms with Gasteiger partial charge in [-0.25, -0.2) is 18.2 Å². The summed E-state index contributed by atoms with van der Waals surface area (Å²) >= 11 is 4.42. The van der Waals surface area contributed by atoms with Crippen LogP contribution in [0.4, 0.5) is 5.69 Å². The van der Waals surface area contributed by atoms with Crippen LogP contribution < -0.4 is 5.73 Å². The van der Waals surface area contributed by atoms with E-state index < -0.39 is 21.5 Å². The molecule has 0 spiro atoms. The summed E-state index contributed by atoms with van der Waals surface area (Å²) in [7, 11) is -3.39. The summed E-state index contributed by atoms with van der Waals surface area (Å²) in [5.74, 6) is -1.13. The molecule has 0 aliphatic carbocycles. The number of carboxylic acids is 1. The van der Waals surface area contributed by atoms with Crippen LogP contribution in [0, 0.1) is 0 Å². The zero-order chi connectivity index (χ0) is 24.3. The van der Waals surface area contributed by atoms with Crippen LogP contribution in [0.2, 0.25) is 0 Å². The molecule has 0 saturated heterocycles. The van der Waals surface area contributed by atoms with Gasteiger partial charge in [0.05, 0.1) is 15.1 Å². The van der Waals surface area contributed by atoms with Gasteiger partial charge in [0.2, 0.25) is 0 Å². The van der Waals surface area contributed by atoms with Crippen molar-refractivity contribution in [2.45, 2.75) is 24.7 Å². The van der Waals surface area contributed by atoms with Crippen LogP contribution in [0.25, 0.3) is 10.6 Å². The largest absolute Gasteiger partial charge is 0.477 e. The molecule has 0 atom stereocenters. The van der Waals surface area contributed by atoms with Gasteiger partial charge >= 0.3 is 5.97 Å². The molecule has 0 unspecified atom stereocenters. The third-order valence-electron chi connectivity index (χ3n) is 4.60. The normalized spacial score (nSPS) is 13.2. The van der Waals surface area contributed by atoms with Crippen LogP contribution in [0.3, 0.4) is 0 Å². The SMILES string of the molecule is CC(C)c1ccccc1N=C(C(Br)=C(N)C(=O)O)c1nnc(-c2cccc(S(C)(=O)=O)c2)s1. The number of aromatic nitrogens is 2. The first-order valence-corrected chi connectivity index (χ1v) is 13.2. The molecule has 8 nitrogen and oxygen atoms in total. The average molecular weight is 549 g/mol. The Morgan fingerprint density at radius 2 is 1.85 bits per heavy atom. The van der Waals surface area contributed by atoms with E-state index in [1.165, 1.54) is 12.1 Å². The minimum Gasteiger partial charge on any atom is -0.477 e. The van der Waals surface area contributed by atoms with E-state index in [0.29, 0.717) is 21.3 Å². The second-order valence-corrected chi connectivity index (χ2v) is 11.2. The number of nitrogens with zero attached hydrogens (tertiary/aromatic N) is 3. The van der Waals surface area contributed by atoms with E-state index >= 15 is 0 Å². The molecule has 0 radical (unpaired) electrons. The molecular formula is C22H21BrN4O4S2. The summed E-state index contributed by atoms with van der Waals surface area (Å²) in [6.45, 7) is 4.06. The topological polar surface area (TPSA) is 136 Å². The van der Waals surface area contributed by atoms with E-state index in [1.54, 1.807) is 12.1 Å². The Labute approximate surface area is 204 Å². The van der Waals surface area contributed by atoms with Gasteiger partial charge in [0.15, 0.2) is 14.8 Å². The molecule has 0 fully saturated rings. The van der Waals surface area contributed by atoms with Crippen molar-refractivity contribution in [2.24, 2.45) is 10.7 Å². The van der Waals surface area contributed by atoms with Gasteiger partial charge in [0.25, 0.3) is 0 Å². The molecular weight excluding hydrogens is 528 g/mol. The van der Waals surface area contributed by atoms with Gasteiger partial charge in [-0.2, -0.15) is 0 Å². The zero-order valence-corrected chi connectivity index (χ0v) is 21.2. The van der Waals surface area contributed by atoms with Crippen LogP contribution >= 0.6 is 27.3 Å². The lowest BCUT2D eigenvalue weighted by atomic mass is 10.0. The van der Waals surface area contributed by atoms with Crippen molar-refractivity contribution in [1.82, 2.24) is 10.2 Å². The highest BCUT2D eigenvalue weighted by molar-refractivity contribution is 9.12. The first kappa shape index (κ1) is 24.7. The van der Waals surface area contributed by atoms with Crippen molar-refractivity contribution in [3.05, 3.63) is 69.3 Å². The molecule has 33 heavy (non-hydrogen) atoms. The van der Waals surface area contributed by atoms with Gasteiger partial charge in [0, 0.05) is 11.8 Å². The fourth-order valence-corrected chi connectivity index (χ4v) is 4.99. The number of halogens is 1. The summed E-state index contributed by atoms with van der Waals surface area (Å²) in [4.78, 5) is 16.4. The molecule has 172 valence electrons. The molecule has 0 aliphatic heterocycles. The summed E-state index contributed by atoms with van der Waals surface area (Å²) in [6, 6.07) is 13.9. The van der Waals surface area contributed by atoms with Crippen molar-refractivity contribution in [1.29, 1.82) is 0 Å². The number of aliphatic imine (C=N–C) groups is 1. The minimum atomic E-state index is -3.39. The highest BCUT2D eigenvalue weighted by atomic mass is 79.9. The number of aliphatic carboxylic acids is 1. The van der Waals surface area contributed by atoms with Crippen LogP contribution in [0.1, 0.15) is 30.3 Å². The van der Waals surface area contributed by atoms with Crippen molar-refractivity contribution in [3.63, 3.8) is 0 Å². The number of carbonyl (C=O) groups is 1. The summed E-state index contributed by atoms with van der Waals surface area (Å²) < 4.78 is 23.9. The number of nitrogens with two attached hydrogens (primary N) is 1. The van der Waals surface area contributed by atoms with Gasteiger partial charge < -0.3 is 10.8 Å². The number of carboxylic acid groups (broad SMARTS) is 1. The third-order valence-corrected chi connectivity index (χ3v) is 7.49. The smallest absolute Gasteiger partial charge is 0.353 e. The van der Waals surface area contributed by atoms with Gasteiger partial charge in [-0.3, -0.25) is 0 Å². The van der Waals surface area contributed by atoms with Crippen LogP contribution in [-0.4, -0.2) is 41.7 Å². The lowest BCUT2D eigenvalue weighted by Gasteiger charge is -2.11. The second-order valence-electron chi connectivity index (χ2n) is 7.42. The van der Waals surface area contributed by atoms with E-state index in [-0.39, 0.29) is 21.0 Å². The lowest BCUT2D eigenvalue weighted by molar-refractivity contribution is -0.132. The predicted octanol–water partition coefficient (Wildman–Crippen LogP) is 4.50. The van der Waals surface area contributed by atoms with E-state index in [4.69, 9.17) is 10.7 Å². The number of hydrogen-bond acceptors (Lipinski definition) is 8. The maximum absolute atomic E-state index is 11.9. The zero-order valence-electron chi connectivity index (χ0n) is 18.0. The number of allylic oxidation sites excluding steroid dienone is 1. The first-order chi connectivity index (χ1) is 15.5. The molecule has 0 aliphatic rings. The Hall–Kier alpha value is -2.89. The molecule has 0 bridgehead atoms. The summed E-state index contributed by atoms with van der Waals surface area (Å²) in [6.07, 6.45) is 1.13. The summed E-state index contributed by atoms with van der Waals surface area (Å²) in [5, 5.41) is 18.5. The van der Waals surface area contributed by atoms with Crippen LogP contribution in [-0.2, 0) is 14.6 Å². The number of sulfone groups is 1. The molecule has 2 aromatic carbocycles. The van der Waals surface area contributed by atoms with Crippen molar-refractivity contribution in [2.75, 3.05) is 6.26 Å². The predicted molar refractivity (Wildman–Crippen MR) is 133 cm³/mol. The molecule has 0 saturated carbocycles. The van der Waals surface area contributed by atoms with Crippen LogP contribution in [0.15, 0.2) is 68.6 Å².